The molecule has 1 aliphatic heterocycles. The number of hydrogen-bond acceptors (Lipinski definition) is 3. The molecule has 0 aliphatic carbocycles. The number of anilines is 2. The topological polar surface area (TPSA) is 49.1 Å². The monoisotopic (exact) mass is 111 g/mol. The number of fused-ring (bicyclic) bond motifs is 1. The van der Waals surface area contributed by atoms with E-state index in [0.717, 1.165) is 11.5 Å². The summed E-state index contributed by atoms with van der Waals surface area (Å²) in [5.74, 6) is 0.880. The Hall–Kier alpha value is -1.16. The highest BCUT2D eigenvalue weighted by Gasteiger charge is 2.08. The summed E-state index contributed by atoms with van der Waals surface area (Å²) in [6.45, 7) is 0. The second-order valence-corrected chi connectivity index (χ2v) is 1.57. The smallest absolute Gasteiger partial charge is 0.155 e. The van der Waals surface area contributed by atoms with Gasteiger partial charge in [-0.3, -0.25) is 0 Å². The first-order valence-electron chi connectivity index (χ1n) is 2.32. The van der Waals surface area contributed by atoms with Gasteiger partial charge in [0.15, 0.2) is 5.82 Å². The first kappa shape index (κ1) is 3.80. The molecule has 1 aliphatic rings. The minimum atomic E-state index is 0.880. The lowest BCUT2D eigenvalue weighted by molar-refractivity contribution is 0.281. The SMILES string of the molecule is c1cc2c([nH]1)NON2. The van der Waals surface area contributed by atoms with Crippen LogP contribution in [0.15, 0.2) is 12.3 Å². The maximum atomic E-state index is 4.62. The first-order valence-corrected chi connectivity index (χ1v) is 2.32. The average molecular weight is 111 g/mol. The van der Waals surface area contributed by atoms with Crippen LogP contribution in [0.5, 0.6) is 0 Å². The standard InChI is InChI=1S/C4H5N3O/c1-2-5-4-3(1)6-8-7-4/h1-2,5-7H. The van der Waals surface area contributed by atoms with Crippen LogP contribution in [0.2, 0.25) is 0 Å². The van der Waals surface area contributed by atoms with Crippen molar-refractivity contribution in [2.45, 2.75) is 0 Å². The van der Waals surface area contributed by atoms with Crippen molar-refractivity contribution in [3.8, 4) is 0 Å². The van der Waals surface area contributed by atoms with E-state index in [1.807, 2.05) is 12.3 Å². The molecule has 0 unspecified atom stereocenters. The molecule has 0 atom stereocenters. The largest absolute Gasteiger partial charge is 0.345 e. The number of nitrogens with one attached hydrogen (secondary N) is 3. The predicted octanol–water partition coefficient (Wildman–Crippen LogP) is 0.699. The highest BCUT2D eigenvalue weighted by Crippen LogP contribution is 2.23. The van der Waals surface area contributed by atoms with Gasteiger partial charge in [0, 0.05) is 6.20 Å². The second-order valence-electron chi connectivity index (χ2n) is 1.57. The third-order valence-electron chi connectivity index (χ3n) is 1.06. The van der Waals surface area contributed by atoms with Gasteiger partial charge in [-0.2, -0.15) is 4.94 Å². The lowest BCUT2D eigenvalue weighted by Gasteiger charge is -1.87. The van der Waals surface area contributed by atoms with E-state index in [9.17, 15) is 0 Å². The Morgan fingerprint density at radius 2 is 2.38 bits per heavy atom. The molecule has 2 rings (SSSR count). The zero-order valence-corrected chi connectivity index (χ0v) is 4.06. The molecule has 0 spiro atoms. The molecule has 0 bridgehead atoms. The van der Waals surface area contributed by atoms with Crippen LogP contribution in [-0.4, -0.2) is 4.98 Å². The molecule has 4 heteroatoms. The van der Waals surface area contributed by atoms with Gasteiger partial charge in [-0.15, -0.1) is 0 Å². The lowest BCUT2D eigenvalue weighted by atomic mass is 10.5. The molecule has 0 radical (unpaired) electrons. The van der Waals surface area contributed by atoms with Crippen LogP contribution in [0.1, 0.15) is 0 Å². The molecule has 2 heterocycles. The Kier molecular flexibility index (Phi) is 0.552. The molecule has 1 aromatic heterocycles. The maximum absolute atomic E-state index is 4.62. The Bertz CT molecular complexity index is 176. The third kappa shape index (κ3) is 0.324. The molecule has 0 aromatic carbocycles. The van der Waals surface area contributed by atoms with E-state index in [4.69, 9.17) is 0 Å². The van der Waals surface area contributed by atoms with Crippen LogP contribution in [0.3, 0.4) is 0 Å². The number of aromatic nitrogens is 1. The van der Waals surface area contributed by atoms with Crippen molar-refractivity contribution in [2.24, 2.45) is 0 Å². The molecule has 0 saturated carbocycles. The maximum Gasteiger partial charge on any atom is 0.155 e. The van der Waals surface area contributed by atoms with Crippen molar-refractivity contribution in [1.82, 2.24) is 4.98 Å². The van der Waals surface area contributed by atoms with E-state index in [1.165, 1.54) is 0 Å². The van der Waals surface area contributed by atoms with Gasteiger partial charge < -0.3 is 4.98 Å². The van der Waals surface area contributed by atoms with Gasteiger partial charge in [0.05, 0.1) is 0 Å². The Morgan fingerprint density at radius 1 is 1.38 bits per heavy atom. The highest BCUT2D eigenvalue weighted by molar-refractivity contribution is 5.65. The second kappa shape index (κ2) is 1.16. The summed E-state index contributed by atoms with van der Waals surface area (Å²) in [6, 6.07) is 1.88. The highest BCUT2D eigenvalue weighted by atomic mass is 16.8. The summed E-state index contributed by atoms with van der Waals surface area (Å²) < 4.78 is 0. The summed E-state index contributed by atoms with van der Waals surface area (Å²) in [7, 11) is 0. The lowest BCUT2D eigenvalue weighted by Crippen LogP contribution is -1.95. The number of aromatic amines is 1. The summed E-state index contributed by atoms with van der Waals surface area (Å²) in [4.78, 5) is 7.54. The van der Waals surface area contributed by atoms with Crippen molar-refractivity contribution in [3.05, 3.63) is 12.3 Å². The molecule has 0 saturated heterocycles. The quantitative estimate of drug-likeness (QED) is 0.462. The number of rotatable bonds is 0. The van der Waals surface area contributed by atoms with Crippen LogP contribution in [0.4, 0.5) is 11.5 Å². The van der Waals surface area contributed by atoms with Crippen LogP contribution in [0, 0.1) is 0 Å². The molecular weight excluding hydrogens is 106 g/mol. The minimum absolute atomic E-state index is 0.880. The van der Waals surface area contributed by atoms with E-state index in [-0.39, 0.29) is 0 Å². The van der Waals surface area contributed by atoms with E-state index in [2.05, 4.69) is 20.9 Å². The van der Waals surface area contributed by atoms with Gasteiger partial charge in [0.1, 0.15) is 5.69 Å². The van der Waals surface area contributed by atoms with Crippen molar-refractivity contribution >= 4 is 11.5 Å². The van der Waals surface area contributed by atoms with Gasteiger partial charge in [-0.05, 0) is 6.07 Å². The minimum Gasteiger partial charge on any atom is -0.345 e. The van der Waals surface area contributed by atoms with Gasteiger partial charge in [0.25, 0.3) is 0 Å². The first-order chi connectivity index (χ1) is 3.97. The van der Waals surface area contributed by atoms with Crippen molar-refractivity contribution < 1.29 is 4.94 Å². The van der Waals surface area contributed by atoms with Crippen molar-refractivity contribution in [3.63, 3.8) is 0 Å². The van der Waals surface area contributed by atoms with Gasteiger partial charge >= 0.3 is 0 Å². The van der Waals surface area contributed by atoms with Gasteiger partial charge in [-0.1, -0.05) is 0 Å². The van der Waals surface area contributed by atoms with E-state index in [0.29, 0.717) is 0 Å². The van der Waals surface area contributed by atoms with Gasteiger partial charge in [-0.25, -0.2) is 11.0 Å². The molecule has 4 nitrogen and oxygen atoms in total. The summed E-state index contributed by atoms with van der Waals surface area (Å²) in [5, 5.41) is 0. The Morgan fingerprint density at radius 3 is 3.25 bits per heavy atom. The van der Waals surface area contributed by atoms with Crippen LogP contribution >= 0.6 is 0 Å². The van der Waals surface area contributed by atoms with Crippen LogP contribution in [-0.2, 0) is 4.94 Å². The molecule has 0 amide bonds. The van der Waals surface area contributed by atoms with E-state index >= 15 is 0 Å². The van der Waals surface area contributed by atoms with Crippen molar-refractivity contribution in [1.29, 1.82) is 0 Å². The predicted molar refractivity (Wildman–Crippen MR) is 29.1 cm³/mol. The summed E-state index contributed by atoms with van der Waals surface area (Å²) in [6.07, 6.45) is 1.83. The fourth-order valence-corrected chi connectivity index (χ4v) is 0.670. The third-order valence-corrected chi connectivity index (χ3v) is 1.06. The molecule has 8 heavy (non-hydrogen) atoms. The molecule has 0 fully saturated rings. The molecule has 1 aromatic rings. The fraction of sp³-hybridized carbons (Fsp3) is 0. The zero-order chi connectivity index (χ0) is 5.40. The molecule has 42 valence electrons. The Labute approximate surface area is 45.8 Å². The number of hydrogen-bond donors (Lipinski definition) is 3. The van der Waals surface area contributed by atoms with Crippen LogP contribution < -0.4 is 11.0 Å². The normalized spacial score (nSPS) is 14.5. The van der Waals surface area contributed by atoms with Crippen molar-refractivity contribution in [2.75, 3.05) is 11.0 Å². The average Bonchev–Trinajstić information content (AvgIpc) is 2.15. The number of H-pyrrole nitrogens is 1. The zero-order valence-electron chi connectivity index (χ0n) is 4.06. The Balaban J connectivity index is 2.54. The fourth-order valence-electron chi connectivity index (χ4n) is 0.670. The van der Waals surface area contributed by atoms with Crippen LogP contribution in [0.25, 0.3) is 0 Å². The van der Waals surface area contributed by atoms with E-state index < -0.39 is 0 Å². The van der Waals surface area contributed by atoms with Gasteiger partial charge in [0.2, 0.25) is 0 Å². The summed E-state index contributed by atoms with van der Waals surface area (Å²) >= 11 is 0. The molecule has 3 N–H and O–H groups in total. The summed E-state index contributed by atoms with van der Waals surface area (Å²) in [5.41, 5.74) is 6.20. The van der Waals surface area contributed by atoms with E-state index in [1.54, 1.807) is 0 Å². The molecular formula is C4H5N3O.